The fourth-order valence-corrected chi connectivity index (χ4v) is 4.85. The normalized spacial score (nSPS) is 14.1. The summed E-state index contributed by atoms with van der Waals surface area (Å²) in [6.07, 6.45) is 0.364. The molecule has 11 nitrogen and oxygen atoms in total. The molecule has 45 heavy (non-hydrogen) atoms. The summed E-state index contributed by atoms with van der Waals surface area (Å²) in [6.45, 7) is 5.53. The fraction of sp³-hybridized carbons (Fsp3) is 0.294. The van der Waals surface area contributed by atoms with Crippen molar-refractivity contribution in [3.8, 4) is 5.75 Å². The van der Waals surface area contributed by atoms with Crippen molar-refractivity contribution in [3.63, 3.8) is 0 Å². The van der Waals surface area contributed by atoms with Crippen molar-refractivity contribution in [3.05, 3.63) is 95.6 Å². The van der Waals surface area contributed by atoms with Gasteiger partial charge in [-0.15, -0.1) is 0 Å². The molecule has 11 heteroatoms. The number of carbonyl (C=O) groups excluding carboxylic acids is 5. The predicted molar refractivity (Wildman–Crippen MR) is 167 cm³/mol. The minimum absolute atomic E-state index is 0.0579. The maximum absolute atomic E-state index is 13.9. The van der Waals surface area contributed by atoms with Gasteiger partial charge in [0.1, 0.15) is 17.8 Å². The molecule has 4 rings (SSSR count). The molecule has 2 N–H and O–H groups in total. The van der Waals surface area contributed by atoms with E-state index in [4.69, 9.17) is 9.47 Å². The maximum Gasteiger partial charge on any atom is 0.328 e. The Balaban J connectivity index is 1.65. The molecule has 0 aliphatic carbocycles. The summed E-state index contributed by atoms with van der Waals surface area (Å²) < 4.78 is 10.4. The van der Waals surface area contributed by atoms with E-state index in [0.717, 1.165) is 5.56 Å². The molecule has 234 valence electrons. The van der Waals surface area contributed by atoms with E-state index in [0.29, 0.717) is 10.6 Å². The maximum atomic E-state index is 13.9. The number of nitrogens with one attached hydrogen (secondary N) is 2. The van der Waals surface area contributed by atoms with Crippen molar-refractivity contribution in [2.45, 2.75) is 45.7 Å². The van der Waals surface area contributed by atoms with Crippen LogP contribution in [0.1, 0.15) is 53.5 Å². The third-order valence-electron chi connectivity index (χ3n) is 7.02. The summed E-state index contributed by atoms with van der Waals surface area (Å²) in [5, 5.41) is 5.41. The largest absolute Gasteiger partial charge is 0.497 e. The van der Waals surface area contributed by atoms with Crippen molar-refractivity contribution in [1.82, 2.24) is 15.5 Å². The standard InChI is InChI=1S/C34H36N4O7/c1-5-45-34(43)28(20-22-11-7-6-8-12-22)37-30(39)27(19-21(2)3)36-31(40)29(35-23-15-17-24(44-4)18-16-23)38-32(41)25-13-9-10-14-26(25)33(38)42/h6-18,21,27-28H,5,19-20H2,1-4H3,(H,36,40)(H,37,39)/t27-,28+/m1/s1. The van der Waals surface area contributed by atoms with Crippen molar-refractivity contribution in [2.24, 2.45) is 10.9 Å². The molecular formula is C34H36N4O7. The van der Waals surface area contributed by atoms with Gasteiger partial charge in [-0.25, -0.2) is 14.7 Å². The van der Waals surface area contributed by atoms with Crippen molar-refractivity contribution in [2.75, 3.05) is 13.7 Å². The third kappa shape index (κ3) is 7.99. The highest BCUT2D eigenvalue weighted by molar-refractivity contribution is 6.48. The van der Waals surface area contributed by atoms with Gasteiger partial charge in [0.2, 0.25) is 11.7 Å². The van der Waals surface area contributed by atoms with Crippen molar-refractivity contribution < 1.29 is 33.4 Å². The predicted octanol–water partition coefficient (Wildman–Crippen LogP) is 3.84. The highest BCUT2D eigenvalue weighted by atomic mass is 16.5. The molecule has 0 bridgehead atoms. The van der Waals surface area contributed by atoms with Gasteiger partial charge in [0.05, 0.1) is 30.5 Å². The molecule has 0 fully saturated rings. The summed E-state index contributed by atoms with van der Waals surface area (Å²) in [5.41, 5.74) is 1.34. The van der Waals surface area contributed by atoms with Gasteiger partial charge in [0.25, 0.3) is 17.7 Å². The molecule has 4 amide bonds. The van der Waals surface area contributed by atoms with Crippen LogP contribution in [0.25, 0.3) is 0 Å². The van der Waals surface area contributed by atoms with Crippen LogP contribution < -0.4 is 15.4 Å². The summed E-state index contributed by atoms with van der Waals surface area (Å²) in [5.74, 6) is -3.61. The Labute approximate surface area is 261 Å². The van der Waals surface area contributed by atoms with Gasteiger partial charge in [-0.05, 0) is 61.2 Å². The van der Waals surface area contributed by atoms with Crippen LogP contribution in [0.2, 0.25) is 0 Å². The first-order chi connectivity index (χ1) is 21.6. The number of fused-ring (bicyclic) bond motifs is 1. The van der Waals surface area contributed by atoms with Crippen LogP contribution >= 0.6 is 0 Å². The highest BCUT2D eigenvalue weighted by Gasteiger charge is 2.42. The number of rotatable bonds is 11. The molecule has 1 aliphatic heterocycles. The smallest absolute Gasteiger partial charge is 0.328 e. The molecule has 0 saturated carbocycles. The van der Waals surface area contributed by atoms with Crippen LogP contribution in [0.15, 0.2) is 83.9 Å². The Hall–Kier alpha value is -5.32. The SMILES string of the molecule is CCOC(=O)[C@H](Cc1ccccc1)NC(=O)[C@@H](CC(C)C)NC(=O)C(=Nc1ccc(OC)cc1)N1C(=O)c2ccccc2C1=O. The van der Waals surface area contributed by atoms with Crippen LogP contribution in [-0.4, -0.2) is 66.1 Å². The molecular weight excluding hydrogens is 576 g/mol. The second kappa shape index (κ2) is 14.9. The van der Waals surface area contributed by atoms with Gasteiger partial charge >= 0.3 is 5.97 Å². The molecule has 0 spiro atoms. The van der Waals surface area contributed by atoms with E-state index in [2.05, 4.69) is 15.6 Å². The lowest BCUT2D eigenvalue weighted by Crippen LogP contribution is -2.56. The number of amides is 4. The van der Waals surface area contributed by atoms with Crippen LogP contribution in [0, 0.1) is 5.92 Å². The lowest BCUT2D eigenvalue weighted by Gasteiger charge is -2.25. The summed E-state index contributed by atoms with van der Waals surface area (Å²) in [4.78, 5) is 72.3. The minimum atomic E-state index is -1.14. The zero-order chi connectivity index (χ0) is 32.5. The number of benzene rings is 3. The van der Waals surface area contributed by atoms with Gasteiger partial charge in [-0.2, -0.15) is 0 Å². The van der Waals surface area contributed by atoms with Crippen LogP contribution in [-0.2, 0) is 25.5 Å². The Morgan fingerprint density at radius 2 is 1.42 bits per heavy atom. The van der Waals surface area contributed by atoms with E-state index in [1.807, 2.05) is 44.2 Å². The number of amidine groups is 1. The Kier molecular flexibility index (Phi) is 10.8. The summed E-state index contributed by atoms with van der Waals surface area (Å²) >= 11 is 0. The second-order valence-electron chi connectivity index (χ2n) is 10.8. The number of hydrogen-bond acceptors (Lipinski definition) is 8. The molecule has 1 aliphatic rings. The zero-order valence-corrected chi connectivity index (χ0v) is 25.6. The van der Waals surface area contributed by atoms with Crippen LogP contribution in [0.5, 0.6) is 5.75 Å². The number of methoxy groups -OCH3 is 1. The van der Waals surface area contributed by atoms with E-state index in [1.165, 1.54) is 19.2 Å². The van der Waals surface area contributed by atoms with Crippen molar-refractivity contribution >= 4 is 41.1 Å². The number of imide groups is 1. The molecule has 3 aromatic carbocycles. The van der Waals surface area contributed by atoms with E-state index >= 15 is 0 Å². The van der Waals surface area contributed by atoms with Crippen LogP contribution in [0.3, 0.4) is 0 Å². The molecule has 0 saturated heterocycles. The number of aliphatic imine (C=N–C) groups is 1. The highest BCUT2D eigenvalue weighted by Crippen LogP contribution is 2.25. The topological polar surface area (TPSA) is 143 Å². The van der Waals surface area contributed by atoms with Gasteiger partial charge in [-0.3, -0.25) is 19.2 Å². The van der Waals surface area contributed by atoms with Gasteiger partial charge in [0.15, 0.2) is 0 Å². The number of hydrogen-bond donors (Lipinski definition) is 2. The summed E-state index contributed by atoms with van der Waals surface area (Å²) in [6, 6.07) is 19.6. The molecule has 0 unspecified atom stereocenters. The van der Waals surface area contributed by atoms with Gasteiger partial charge in [-0.1, -0.05) is 56.3 Å². The zero-order valence-electron chi connectivity index (χ0n) is 25.6. The Bertz CT molecular complexity index is 1550. The summed E-state index contributed by atoms with van der Waals surface area (Å²) in [7, 11) is 1.50. The van der Waals surface area contributed by atoms with Crippen LogP contribution in [0.4, 0.5) is 5.69 Å². The average molecular weight is 613 g/mol. The van der Waals surface area contributed by atoms with E-state index in [9.17, 15) is 24.0 Å². The van der Waals surface area contributed by atoms with E-state index in [-0.39, 0.29) is 42.2 Å². The molecule has 0 aromatic heterocycles. The van der Waals surface area contributed by atoms with E-state index in [1.54, 1.807) is 43.3 Å². The molecule has 2 atom stereocenters. The number of nitrogens with zero attached hydrogens (tertiary/aromatic N) is 2. The molecule has 3 aromatic rings. The Morgan fingerprint density at radius 1 is 0.822 bits per heavy atom. The number of ether oxygens (including phenoxy) is 2. The first-order valence-electron chi connectivity index (χ1n) is 14.6. The van der Waals surface area contributed by atoms with E-state index < -0.39 is 47.5 Å². The molecule has 0 radical (unpaired) electrons. The quantitative estimate of drug-likeness (QED) is 0.145. The minimum Gasteiger partial charge on any atom is -0.497 e. The van der Waals surface area contributed by atoms with Gasteiger partial charge < -0.3 is 20.1 Å². The third-order valence-corrected chi connectivity index (χ3v) is 7.02. The second-order valence-corrected chi connectivity index (χ2v) is 10.8. The van der Waals surface area contributed by atoms with Gasteiger partial charge in [0, 0.05) is 6.42 Å². The first kappa shape index (κ1) is 32.6. The monoisotopic (exact) mass is 612 g/mol. The Morgan fingerprint density at radius 3 is 1.98 bits per heavy atom. The lowest BCUT2D eigenvalue weighted by molar-refractivity contribution is -0.147. The first-order valence-corrected chi connectivity index (χ1v) is 14.6. The average Bonchev–Trinajstić information content (AvgIpc) is 3.28. The molecule has 1 heterocycles. The fourth-order valence-electron chi connectivity index (χ4n) is 4.85. The number of esters is 1. The van der Waals surface area contributed by atoms with Crippen molar-refractivity contribution in [1.29, 1.82) is 0 Å². The number of carbonyl (C=O) groups is 5. The lowest BCUT2D eigenvalue weighted by atomic mass is 10.0.